The summed E-state index contributed by atoms with van der Waals surface area (Å²) in [6.07, 6.45) is 1.63. The Bertz CT molecular complexity index is 557. The lowest BCUT2D eigenvalue weighted by Gasteiger charge is -2.21. The van der Waals surface area contributed by atoms with Crippen LogP contribution >= 0.6 is 11.3 Å². The van der Waals surface area contributed by atoms with Gasteiger partial charge in [0.1, 0.15) is 0 Å². The second-order valence-electron chi connectivity index (χ2n) is 4.20. The highest BCUT2D eigenvalue weighted by Crippen LogP contribution is 2.27. The second kappa shape index (κ2) is 5.24. The van der Waals surface area contributed by atoms with Gasteiger partial charge in [-0.05, 0) is 19.8 Å². The van der Waals surface area contributed by atoms with Gasteiger partial charge in [-0.3, -0.25) is 4.21 Å². The molecule has 0 amide bonds. The number of nitrogens with one attached hydrogen (secondary N) is 1. The fourth-order valence-electron chi connectivity index (χ4n) is 1.82. The Labute approximate surface area is 113 Å². The Hall–Kier alpha value is -0.510. The van der Waals surface area contributed by atoms with E-state index in [2.05, 4.69) is 10.3 Å². The fraction of sp³-hybridized carbons (Fsp3) is 0.667. The molecule has 1 fully saturated rings. The molecule has 1 aromatic heterocycles. The highest BCUT2D eigenvalue weighted by atomic mass is 32.2. The lowest BCUT2D eigenvalue weighted by Crippen LogP contribution is -2.29. The average molecular weight is 309 g/mol. The highest BCUT2D eigenvalue weighted by molar-refractivity contribution is 7.91. The molecule has 0 saturated carbocycles. The number of anilines is 1. The summed E-state index contributed by atoms with van der Waals surface area (Å²) in [4.78, 5) is 4.16. The Morgan fingerprint density at radius 2 is 2.06 bits per heavy atom. The number of rotatable bonds is 3. The topological polar surface area (TPSA) is 102 Å². The molecule has 2 heterocycles. The number of primary sulfonamides is 1. The van der Waals surface area contributed by atoms with Crippen LogP contribution < -0.4 is 10.5 Å². The van der Waals surface area contributed by atoms with Gasteiger partial charge in [0, 0.05) is 28.3 Å². The molecule has 0 aromatic carbocycles. The molecule has 9 heteroatoms. The van der Waals surface area contributed by atoms with Gasteiger partial charge < -0.3 is 5.32 Å². The molecular formula is C9H15N3O3S3. The number of sulfonamides is 1. The molecule has 0 atom stereocenters. The molecule has 102 valence electrons. The number of hydrogen-bond acceptors (Lipinski definition) is 6. The standard InChI is InChI=1S/C9H15N3O3S3/c1-6-8(18(10,14)15)16-9(11-6)12-7-2-4-17(13)5-3-7/h7H,2-5H2,1H3,(H,11,12)(H2,10,14,15). The van der Waals surface area contributed by atoms with Gasteiger partial charge in [0.25, 0.3) is 0 Å². The minimum absolute atomic E-state index is 0.101. The third kappa shape index (κ3) is 3.28. The zero-order valence-electron chi connectivity index (χ0n) is 9.88. The van der Waals surface area contributed by atoms with Crippen molar-refractivity contribution in [3.63, 3.8) is 0 Å². The maximum Gasteiger partial charge on any atom is 0.249 e. The van der Waals surface area contributed by atoms with Gasteiger partial charge in [-0.2, -0.15) is 0 Å². The zero-order valence-corrected chi connectivity index (χ0v) is 12.3. The van der Waals surface area contributed by atoms with E-state index >= 15 is 0 Å². The van der Waals surface area contributed by atoms with Crippen LogP contribution in [0.1, 0.15) is 18.5 Å². The van der Waals surface area contributed by atoms with Gasteiger partial charge in [-0.1, -0.05) is 11.3 Å². The van der Waals surface area contributed by atoms with Crippen molar-refractivity contribution in [2.24, 2.45) is 5.14 Å². The Morgan fingerprint density at radius 3 is 2.56 bits per heavy atom. The van der Waals surface area contributed by atoms with Crippen molar-refractivity contribution >= 4 is 37.3 Å². The van der Waals surface area contributed by atoms with Gasteiger partial charge >= 0.3 is 0 Å². The van der Waals surface area contributed by atoms with Crippen LogP contribution in [0, 0.1) is 6.92 Å². The van der Waals surface area contributed by atoms with E-state index in [0.29, 0.717) is 22.3 Å². The molecule has 1 aliphatic heterocycles. The SMILES string of the molecule is Cc1nc(NC2CCS(=O)CC2)sc1S(N)(=O)=O. The van der Waals surface area contributed by atoms with Crippen molar-refractivity contribution in [2.45, 2.75) is 30.0 Å². The van der Waals surface area contributed by atoms with Gasteiger partial charge in [0.15, 0.2) is 9.34 Å². The molecule has 18 heavy (non-hydrogen) atoms. The van der Waals surface area contributed by atoms with Crippen LogP contribution in [-0.2, 0) is 20.8 Å². The van der Waals surface area contributed by atoms with Crippen LogP contribution in [0.25, 0.3) is 0 Å². The van der Waals surface area contributed by atoms with Crippen molar-refractivity contribution in [2.75, 3.05) is 16.8 Å². The van der Waals surface area contributed by atoms with E-state index in [1.165, 1.54) is 0 Å². The first kappa shape index (κ1) is 13.9. The molecule has 0 spiro atoms. The van der Waals surface area contributed by atoms with Crippen LogP contribution in [0.3, 0.4) is 0 Å². The first-order valence-corrected chi connectivity index (χ1v) is 9.33. The number of nitrogens with two attached hydrogens (primary N) is 1. The van der Waals surface area contributed by atoms with Gasteiger partial charge in [0.2, 0.25) is 10.0 Å². The summed E-state index contributed by atoms with van der Waals surface area (Å²) in [6.45, 7) is 1.62. The predicted molar refractivity (Wildman–Crippen MR) is 72.7 cm³/mol. The van der Waals surface area contributed by atoms with E-state index in [1.54, 1.807) is 6.92 Å². The lowest BCUT2D eigenvalue weighted by molar-refractivity contribution is 0.599. The van der Waals surface area contributed by atoms with Gasteiger partial charge in [0.05, 0.1) is 5.69 Å². The molecule has 0 bridgehead atoms. The van der Waals surface area contributed by atoms with E-state index in [1.807, 2.05) is 0 Å². The Kier molecular flexibility index (Phi) is 4.05. The first-order chi connectivity index (χ1) is 8.36. The molecule has 0 aliphatic carbocycles. The number of nitrogens with zero attached hydrogens (tertiary/aromatic N) is 1. The third-order valence-corrected chi connectivity index (χ3v) is 6.75. The normalized spacial score (nSPS) is 25.0. The monoisotopic (exact) mass is 309 g/mol. The summed E-state index contributed by atoms with van der Waals surface area (Å²) in [6, 6.07) is 0.210. The molecule has 0 radical (unpaired) electrons. The summed E-state index contributed by atoms with van der Waals surface area (Å²) in [5, 5.41) is 8.85. The van der Waals surface area contributed by atoms with E-state index < -0.39 is 20.8 Å². The van der Waals surface area contributed by atoms with Gasteiger partial charge in [-0.25, -0.2) is 18.5 Å². The Morgan fingerprint density at radius 1 is 1.44 bits per heavy atom. The average Bonchev–Trinajstić information content (AvgIpc) is 2.63. The maximum absolute atomic E-state index is 11.3. The van der Waals surface area contributed by atoms with Crippen LogP contribution in [0.2, 0.25) is 0 Å². The van der Waals surface area contributed by atoms with Crippen molar-refractivity contribution in [3.8, 4) is 0 Å². The quantitative estimate of drug-likeness (QED) is 0.842. The molecule has 1 saturated heterocycles. The maximum atomic E-state index is 11.3. The van der Waals surface area contributed by atoms with Crippen LogP contribution in [0.4, 0.5) is 5.13 Å². The summed E-state index contributed by atoms with van der Waals surface area (Å²) in [7, 11) is -4.40. The molecule has 1 aromatic rings. The number of thiazole rings is 1. The van der Waals surface area contributed by atoms with Crippen molar-refractivity contribution in [1.82, 2.24) is 4.98 Å². The van der Waals surface area contributed by atoms with E-state index in [-0.39, 0.29) is 10.3 Å². The van der Waals surface area contributed by atoms with E-state index in [0.717, 1.165) is 24.2 Å². The molecule has 2 rings (SSSR count). The number of aryl methyl sites for hydroxylation is 1. The molecule has 1 aliphatic rings. The molecule has 3 N–H and O–H groups in total. The molecular weight excluding hydrogens is 294 g/mol. The molecule has 6 nitrogen and oxygen atoms in total. The molecule has 0 unspecified atom stereocenters. The van der Waals surface area contributed by atoms with E-state index in [4.69, 9.17) is 5.14 Å². The van der Waals surface area contributed by atoms with Crippen LogP contribution in [0.5, 0.6) is 0 Å². The van der Waals surface area contributed by atoms with Gasteiger partial charge in [-0.15, -0.1) is 0 Å². The predicted octanol–water partition coefficient (Wildman–Crippen LogP) is 0.422. The van der Waals surface area contributed by atoms with E-state index in [9.17, 15) is 12.6 Å². The van der Waals surface area contributed by atoms with Crippen molar-refractivity contribution in [3.05, 3.63) is 5.69 Å². The summed E-state index contributed by atoms with van der Waals surface area (Å²) in [5.41, 5.74) is 0.421. The zero-order chi connectivity index (χ0) is 13.3. The minimum Gasteiger partial charge on any atom is -0.359 e. The highest BCUT2D eigenvalue weighted by Gasteiger charge is 2.21. The number of aromatic nitrogens is 1. The Balaban J connectivity index is 2.09. The lowest BCUT2D eigenvalue weighted by atomic mass is 10.2. The van der Waals surface area contributed by atoms with Crippen molar-refractivity contribution in [1.29, 1.82) is 0 Å². The van der Waals surface area contributed by atoms with Crippen molar-refractivity contribution < 1.29 is 12.6 Å². The minimum atomic E-state index is -3.69. The van der Waals surface area contributed by atoms with Crippen LogP contribution in [0.15, 0.2) is 4.21 Å². The summed E-state index contributed by atoms with van der Waals surface area (Å²) in [5.74, 6) is 1.37. The summed E-state index contributed by atoms with van der Waals surface area (Å²) < 4.78 is 33.9. The largest absolute Gasteiger partial charge is 0.359 e. The number of hydrogen-bond donors (Lipinski definition) is 2. The first-order valence-electron chi connectivity index (χ1n) is 5.48. The smallest absolute Gasteiger partial charge is 0.249 e. The van der Waals surface area contributed by atoms with Crippen LogP contribution in [-0.4, -0.2) is 35.2 Å². The second-order valence-corrected chi connectivity index (χ2v) is 8.66. The summed E-state index contributed by atoms with van der Waals surface area (Å²) >= 11 is 1.05. The fourth-order valence-corrected chi connectivity index (χ4v) is 5.06. The third-order valence-electron chi connectivity index (χ3n) is 2.73.